The fraction of sp³-hybridized carbons (Fsp3) is 0.500. The highest BCUT2D eigenvalue weighted by Gasteiger charge is 2.00. The monoisotopic (exact) mass is 172 g/mol. The normalized spacial score (nSPS) is 10.5. The van der Waals surface area contributed by atoms with Gasteiger partial charge in [-0.1, -0.05) is 0 Å². The lowest BCUT2D eigenvalue weighted by Crippen LogP contribution is -2.11. The van der Waals surface area contributed by atoms with Crippen molar-refractivity contribution in [2.24, 2.45) is 5.84 Å². The molecule has 1 heterocycles. The predicted octanol–water partition coefficient (Wildman–Crippen LogP) is 0.490. The van der Waals surface area contributed by atoms with Crippen LogP contribution in [0.3, 0.4) is 0 Å². The second-order valence-electron chi connectivity index (χ2n) is 2.53. The third-order valence-electron chi connectivity index (χ3n) is 1.15. The van der Waals surface area contributed by atoms with Crippen molar-refractivity contribution < 1.29 is 0 Å². The lowest BCUT2D eigenvalue weighted by atomic mass is 10.5. The number of rotatable bonds is 3. The lowest BCUT2D eigenvalue weighted by Gasteiger charge is -2.05. The molecule has 3 N–H and O–H groups in total. The van der Waals surface area contributed by atoms with Gasteiger partial charge in [-0.2, -0.15) is 0 Å². The maximum Gasteiger partial charge on any atom is 0.197 e. The Morgan fingerprint density at radius 1 is 1.73 bits per heavy atom. The number of nitrogens with two attached hydrogens (primary N) is 1. The van der Waals surface area contributed by atoms with Crippen molar-refractivity contribution in [2.75, 3.05) is 19.5 Å². The van der Waals surface area contributed by atoms with Crippen molar-refractivity contribution in [3.8, 4) is 0 Å². The zero-order chi connectivity index (χ0) is 8.27. The van der Waals surface area contributed by atoms with Crippen molar-refractivity contribution >= 4 is 16.5 Å². The van der Waals surface area contributed by atoms with Crippen molar-refractivity contribution in [3.05, 3.63) is 11.1 Å². The van der Waals surface area contributed by atoms with E-state index in [0.717, 1.165) is 17.4 Å². The highest BCUT2D eigenvalue weighted by atomic mass is 32.1. The van der Waals surface area contributed by atoms with Gasteiger partial charge in [0, 0.05) is 11.9 Å². The van der Waals surface area contributed by atoms with E-state index in [2.05, 4.69) is 15.3 Å². The molecule has 1 aromatic rings. The summed E-state index contributed by atoms with van der Waals surface area (Å²) in [7, 11) is 4.02. The van der Waals surface area contributed by atoms with Crippen LogP contribution >= 0.6 is 11.3 Å². The van der Waals surface area contributed by atoms with Crippen molar-refractivity contribution in [3.63, 3.8) is 0 Å². The highest BCUT2D eigenvalue weighted by molar-refractivity contribution is 7.13. The second kappa shape index (κ2) is 3.66. The summed E-state index contributed by atoms with van der Waals surface area (Å²) in [4.78, 5) is 6.27. The minimum atomic E-state index is 0.766. The molecule has 0 aliphatic rings. The first-order valence-electron chi connectivity index (χ1n) is 3.28. The fourth-order valence-corrected chi connectivity index (χ4v) is 1.38. The van der Waals surface area contributed by atoms with Crippen LogP contribution in [-0.2, 0) is 6.54 Å². The zero-order valence-corrected chi connectivity index (χ0v) is 7.48. The Balaban J connectivity index is 2.58. The number of hydrogen-bond acceptors (Lipinski definition) is 5. The van der Waals surface area contributed by atoms with E-state index in [1.165, 1.54) is 11.3 Å². The predicted molar refractivity (Wildman–Crippen MR) is 47.3 cm³/mol. The number of thiazole rings is 1. The zero-order valence-electron chi connectivity index (χ0n) is 6.66. The van der Waals surface area contributed by atoms with E-state index in [0.29, 0.717) is 0 Å². The van der Waals surface area contributed by atoms with Gasteiger partial charge in [0.25, 0.3) is 0 Å². The number of nitrogens with one attached hydrogen (secondary N) is 1. The Bertz CT molecular complexity index is 220. The van der Waals surface area contributed by atoms with E-state index in [1.807, 2.05) is 19.5 Å². The Kier molecular flexibility index (Phi) is 2.81. The smallest absolute Gasteiger partial charge is 0.197 e. The SMILES string of the molecule is CN(C)Cc1csc(NN)n1. The molecule has 1 aromatic heterocycles. The van der Waals surface area contributed by atoms with Gasteiger partial charge in [0.1, 0.15) is 0 Å². The number of aromatic nitrogens is 1. The maximum absolute atomic E-state index is 5.18. The number of hydrazine groups is 1. The van der Waals surface area contributed by atoms with Crippen LogP contribution in [0.2, 0.25) is 0 Å². The molecule has 0 amide bonds. The lowest BCUT2D eigenvalue weighted by molar-refractivity contribution is 0.398. The molecule has 4 nitrogen and oxygen atoms in total. The summed E-state index contributed by atoms with van der Waals surface area (Å²) < 4.78 is 0. The van der Waals surface area contributed by atoms with Crippen LogP contribution in [0.15, 0.2) is 5.38 Å². The first-order chi connectivity index (χ1) is 5.22. The topological polar surface area (TPSA) is 54.2 Å². The summed E-state index contributed by atoms with van der Waals surface area (Å²) in [6, 6.07) is 0. The van der Waals surface area contributed by atoms with Gasteiger partial charge in [-0.15, -0.1) is 11.3 Å². The molecule has 0 fully saturated rings. The van der Waals surface area contributed by atoms with Crippen LogP contribution in [0.4, 0.5) is 5.13 Å². The fourth-order valence-electron chi connectivity index (χ4n) is 0.770. The van der Waals surface area contributed by atoms with E-state index in [4.69, 9.17) is 5.84 Å². The number of nitrogens with zero attached hydrogens (tertiary/aromatic N) is 2. The van der Waals surface area contributed by atoms with Gasteiger partial charge in [-0.3, -0.25) is 5.43 Å². The van der Waals surface area contributed by atoms with E-state index < -0.39 is 0 Å². The third kappa shape index (κ3) is 2.45. The number of anilines is 1. The van der Waals surface area contributed by atoms with E-state index >= 15 is 0 Å². The van der Waals surface area contributed by atoms with E-state index in [9.17, 15) is 0 Å². The molecule has 0 spiro atoms. The summed E-state index contributed by atoms with van der Waals surface area (Å²) in [6.07, 6.45) is 0. The molecular formula is C6H12N4S. The quantitative estimate of drug-likeness (QED) is 0.514. The van der Waals surface area contributed by atoms with Crippen LogP contribution in [0.25, 0.3) is 0 Å². The summed E-state index contributed by atoms with van der Waals surface area (Å²) in [5.41, 5.74) is 3.56. The molecule has 0 bridgehead atoms. The Morgan fingerprint density at radius 2 is 2.45 bits per heavy atom. The maximum atomic E-state index is 5.18. The molecule has 0 saturated heterocycles. The molecule has 0 atom stereocenters. The minimum absolute atomic E-state index is 0.766. The average molecular weight is 172 g/mol. The number of nitrogen functional groups attached to an aromatic ring is 1. The first-order valence-corrected chi connectivity index (χ1v) is 4.16. The largest absolute Gasteiger partial charge is 0.304 e. The second-order valence-corrected chi connectivity index (χ2v) is 3.38. The standard InChI is InChI=1S/C6H12N4S/c1-10(2)3-5-4-11-6(8-5)9-7/h4H,3,7H2,1-2H3,(H,8,9). The molecular weight excluding hydrogens is 160 g/mol. The van der Waals surface area contributed by atoms with Gasteiger partial charge in [-0.05, 0) is 14.1 Å². The molecule has 0 saturated carbocycles. The summed E-state index contributed by atoms with van der Waals surface area (Å²) in [6.45, 7) is 0.859. The summed E-state index contributed by atoms with van der Waals surface area (Å²) in [5.74, 6) is 5.18. The van der Waals surface area contributed by atoms with Gasteiger partial charge in [0.2, 0.25) is 0 Å². The molecule has 11 heavy (non-hydrogen) atoms. The van der Waals surface area contributed by atoms with Gasteiger partial charge >= 0.3 is 0 Å². The third-order valence-corrected chi connectivity index (χ3v) is 1.98. The van der Waals surface area contributed by atoms with Crippen molar-refractivity contribution in [1.29, 1.82) is 0 Å². The molecule has 1 rings (SSSR count). The highest BCUT2D eigenvalue weighted by Crippen LogP contribution is 2.14. The minimum Gasteiger partial charge on any atom is -0.304 e. The molecule has 0 unspecified atom stereocenters. The Labute approximate surface area is 70.0 Å². The molecule has 62 valence electrons. The van der Waals surface area contributed by atoms with Gasteiger partial charge in [-0.25, -0.2) is 10.8 Å². The van der Waals surface area contributed by atoms with Gasteiger partial charge in [0.05, 0.1) is 5.69 Å². The van der Waals surface area contributed by atoms with Crippen molar-refractivity contribution in [1.82, 2.24) is 9.88 Å². The van der Waals surface area contributed by atoms with Crippen molar-refractivity contribution in [2.45, 2.75) is 6.54 Å². The first kappa shape index (κ1) is 8.45. The molecule has 5 heteroatoms. The Morgan fingerprint density at radius 3 is 2.91 bits per heavy atom. The summed E-state index contributed by atoms with van der Waals surface area (Å²) >= 11 is 1.52. The average Bonchev–Trinajstić information content (AvgIpc) is 2.34. The van der Waals surface area contributed by atoms with Gasteiger partial charge < -0.3 is 4.90 Å². The van der Waals surface area contributed by atoms with Crippen LogP contribution in [0.1, 0.15) is 5.69 Å². The molecule has 0 aliphatic carbocycles. The summed E-state index contributed by atoms with van der Waals surface area (Å²) in [5, 5.41) is 2.76. The molecule has 0 radical (unpaired) electrons. The number of hydrogen-bond donors (Lipinski definition) is 2. The van der Waals surface area contributed by atoms with Crippen LogP contribution in [0, 0.1) is 0 Å². The van der Waals surface area contributed by atoms with Crippen LogP contribution < -0.4 is 11.3 Å². The van der Waals surface area contributed by atoms with Gasteiger partial charge in [0.15, 0.2) is 5.13 Å². The van der Waals surface area contributed by atoms with Crippen LogP contribution in [0.5, 0.6) is 0 Å². The van der Waals surface area contributed by atoms with E-state index in [-0.39, 0.29) is 0 Å². The van der Waals surface area contributed by atoms with E-state index in [1.54, 1.807) is 0 Å². The van der Waals surface area contributed by atoms with Crippen LogP contribution in [-0.4, -0.2) is 24.0 Å². The molecule has 0 aromatic carbocycles. The molecule has 0 aliphatic heterocycles. The Hall–Kier alpha value is -0.650.